The van der Waals surface area contributed by atoms with E-state index in [1.807, 2.05) is 0 Å². The Kier molecular flexibility index (Phi) is 3.94. The minimum Gasteiger partial charge on any atom is -0.487 e. The molecule has 8 heteroatoms. The highest BCUT2D eigenvalue weighted by molar-refractivity contribution is 5.71. The van der Waals surface area contributed by atoms with Gasteiger partial charge in [0.2, 0.25) is 5.75 Å². The topological polar surface area (TPSA) is 103 Å². The molecule has 106 valence electrons. The van der Waals surface area contributed by atoms with Crippen LogP contribution in [0.1, 0.15) is 12.7 Å². The lowest BCUT2D eigenvalue weighted by atomic mass is 10.1. The Morgan fingerprint density at radius 3 is 2.75 bits per heavy atom. The van der Waals surface area contributed by atoms with E-state index in [4.69, 9.17) is 9.84 Å². The molecule has 0 aliphatic carbocycles. The van der Waals surface area contributed by atoms with Crippen molar-refractivity contribution in [1.82, 2.24) is 14.8 Å². The van der Waals surface area contributed by atoms with Crippen LogP contribution in [0.4, 0.5) is 5.69 Å². The summed E-state index contributed by atoms with van der Waals surface area (Å²) in [5, 5.41) is 28.0. The van der Waals surface area contributed by atoms with Crippen LogP contribution in [0.25, 0.3) is 11.4 Å². The molecule has 0 aliphatic rings. The van der Waals surface area contributed by atoms with E-state index in [-0.39, 0.29) is 18.0 Å². The van der Waals surface area contributed by atoms with Gasteiger partial charge in [-0.3, -0.25) is 10.1 Å². The first-order chi connectivity index (χ1) is 9.60. The number of nitro benzene ring substituents is 1. The number of aliphatic hydroxyl groups excluding tert-OH is 1. The monoisotopic (exact) mass is 278 g/mol. The summed E-state index contributed by atoms with van der Waals surface area (Å²) in [4.78, 5) is 10.6. The predicted octanol–water partition coefficient (Wildman–Crippen LogP) is 1.28. The van der Waals surface area contributed by atoms with Gasteiger partial charge in [-0.25, -0.2) is 0 Å². The van der Waals surface area contributed by atoms with Crippen molar-refractivity contribution in [1.29, 1.82) is 0 Å². The fourth-order valence-electron chi connectivity index (χ4n) is 1.87. The number of hydrogen-bond acceptors (Lipinski definition) is 6. The van der Waals surface area contributed by atoms with Crippen LogP contribution in [0.5, 0.6) is 5.75 Å². The van der Waals surface area contributed by atoms with Gasteiger partial charge in [0, 0.05) is 13.1 Å². The molecule has 0 amide bonds. The minimum atomic E-state index is -0.502. The first kappa shape index (κ1) is 13.9. The van der Waals surface area contributed by atoms with E-state index in [0.717, 1.165) is 0 Å². The van der Waals surface area contributed by atoms with Gasteiger partial charge in [-0.05, 0) is 13.0 Å². The molecule has 0 aliphatic heterocycles. The summed E-state index contributed by atoms with van der Waals surface area (Å²) in [6.45, 7) is 1.78. The maximum Gasteiger partial charge on any atom is 0.311 e. The van der Waals surface area contributed by atoms with E-state index in [0.29, 0.717) is 23.8 Å². The van der Waals surface area contributed by atoms with Gasteiger partial charge in [-0.15, -0.1) is 10.2 Å². The van der Waals surface area contributed by atoms with E-state index in [1.165, 1.54) is 6.07 Å². The molecule has 20 heavy (non-hydrogen) atoms. The predicted molar refractivity (Wildman–Crippen MR) is 70.2 cm³/mol. The number of ether oxygens (including phenoxy) is 1. The molecule has 8 nitrogen and oxygen atoms in total. The molecule has 0 saturated carbocycles. The number of para-hydroxylation sites is 1. The Morgan fingerprint density at radius 2 is 2.20 bits per heavy atom. The van der Waals surface area contributed by atoms with Crippen molar-refractivity contribution in [2.75, 3.05) is 6.61 Å². The molecule has 1 N–H and O–H groups in total. The van der Waals surface area contributed by atoms with Crippen molar-refractivity contribution < 1.29 is 14.8 Å². The van der Waals surface area contributed by atoms with E-state index in [1.54, 1.807) is 30.7 Å². The molecular formula is C12H14N4O4. The first-order valence-electron chi connectivity index (χ1n) is 5.99. The number of nitrogens with zero attached hydrogens (tertiary/aromatic N) is 4. The van der Waals surface area contributed by atoms with Crippen LogP contribution >= 0.6 is 0 Å². The molecule has 0 unspecified atom stereocenters. The summed E-state index contributed by atoms with van der Waals surface area (Å²) in [6, 6.07) is 4.60. The number of rotatable bonds is 5. The highest BCUT2D eigenvalue weighted by atomic mass is 16.6. The second-order valence-electron chi connectivity index (χ2n) is 4.00. The van der Waals surface area contributed by atoms with Crippen molar-refractivity contribution in [2.24, 2.45) is 7.05 Å². The molecular weight excluding hydrogens is 264 g/mol. The van der Waals surface area contributed by atoms with Crippen LogP contribution in [0, 0.1) is 10.1 Å². The van der Waals surface area contributed by atoms with Crippen LogP contribution < -0.4 is 4.74 Å². The van der Waals surface area contributed by atoms with Gasteiger partial charge < -0.3 is 14.4 Å². The SMILES string of the molecule is CCOc1c(-c2nnc(CO)n2C)cccc1[N+](=O)[O-]. The van der Waals surface area contributed by atoms with E-state index in [2.05, 4.69) is 10.2 Å². The second-order valence-corrected chi connectivity index (χ2v) is 4.00. The highest BCUT2D eigenvalue weighted by Gasteiger charge is 2.23. The Hall–Kier alpha value is -2.48. The normalized spacial score (nSPS) is 10.6. The number of hydrogen-bond donors (Lipinski definition) is 1. The van der Waals surface area contributed by atoms with Crippen LogP contribution in [0.2, 0.25) is 0 Å². The fourth-order valence-corrected chi connectivity index (χ4v) is 1.87. The lowest BCUT2D eigenvalue weighted by Crippen LogP contribution is -2.03. The molecule has 0 bridgehead atoms. The van der Waals surface area contributed by atoms with Gasteiger partial charge in [-0.2, -0.15) is 0 Å². The molecule has 0 radical (unpaired) electrons. The van der Waals surface area contributed by atoms with Crippen molar-refractivity contribution in [2.45, 2.75) is 13.5 Å². The van der Waals surface area contributed by atoms with Gasteiger partial charge in [0.25, 0.3) is 0 Å². The summed E-state index contributed by atoms with van der Waals surface area (Å²) in [5.74, 6) is 0.926. The summed E-state index contributed by atoms with van der Waals surface area (Å²) in [6.07, 6.45) is 0. The number of nitro groups is 1. The van der Waals surface area contributed by atoms with Gasteiger partial charge in [0.05, 0.1) is 17.1 Å². The molecule has 0 fully saturated rings. The molecule has 1 heterocycles. The zero-order valence-electron chi connectivity index (χ0n) is 11.1. The van der Waals surface area contributed by atoms with Crippen LogP contribution in [-0.4, -0.2) is 31.4 Å². The third kappa shape index (κ3) is 2.32. The van der Waals surface area contributed by atoms with Gasteiger partial charge in [0.1, 0.15) is 6.61 Å². The largest absolute Gasteiger partial charge is 0.487 e. The molecule has 1 aromatic heterocycles. The van der Waals surface area contributed by atoms with Gasteiger partial charge >= 0.3 is 5.69 Å². The summed E-state index contributed by atoms with van der Waals surface area (Å²) in [7, 11) is 1.68. The lowest BCUT2D eigenvalue weighted by molar-refractivity contribution is -0.385. The summed E-state index contributed by atoms with van der Waals surface area (Å²) >= 11 is 0. The number of aromatic nitrogens is 3. The zero-order chi connectivity index (χ0) is 14.7. The van der Waals surface area contributed by atoms with Crippen molar-refractivity contribution in [3.63, 3.8) is 0 Å². The van der Waals surface area contributed by atoms with Gasteiger partial charge in [0.15, 0.2) is 11.6 Å². The molecule has 0 spiro atoms. The van der Waals surface area contributed by atoms with Crippen molar-refractivity contribution >= 4 is 5.69 Å². The fraction of sp³-hybridized carbons (Fsp3) is 0.333. The Morgan fingerprint density at radius 1 is 1.45 bits per heavy atom. The van der Waals surface area contributed by atoms with Crippen LogP contribution in [-0.2, 0) is 13.7 Å². The third-order valence-electron chi connectivity index (χ3n) is 2.83. The lowest BCUT2D eigenvalue weighted by Gasteiger charge is -2.10. The Labute approximate surface area is 114 Å². The van der Waals surface area contributed by atoms with Crippen LogP contribution in [0.3, 0.4) is 0 Å². The summed E-state index contributed by atoms with van der Waals surface area (Å²) < 4.78 is 6.97. The molecule has 1 aromatic carbocycles. The second kappa shape index (κ2) is 5.66. The Bertz CT molecular complexity index is 638. The third-order valence-corrected chi connectivity index (χ3v) is 2.83. The van der Waals surface area contributed by atoms with E-state index < -0.39 is 4.92 Å². The number of aliphatic hydroxyl groups is 1. The quantitative estimate of drug-likeness (QED) is 0.652. The molecule has 2 aromatic rings. The Balaban J connectivity index is 2.63. The maximum absolute atomic E-state index is 11.1. The maximum atomic E-state index is 11.1. The number of benzene rings is 1. The van der Waals surface area contributed by atoms with E-state index in [9.17, 15) is 10.1 Å². The molecule has 0 saturated heterocycles. The smallest absolute Gasteiger partial charge is 0.311 e. The minimum absolute atomic E-state index is 0.127. The van der Waals surface area contributed by atoms with Crippen LogP contribution in [0.15, 0.2) is 18.2 Å². The van der Waals surface area contributed by atoms with Crippen molar-refractivity contribution in [3.05, 3.63) is 34.1 Å². The first-order valence-corrected chi connectivity index (χ1v) is 5.99. The summed E-state index contributed by atoms with van der Waals surface area (Å²) in [5.41, 5.74) is 0.341. The molecule has 0 atom stereocenters. The van der Waals surface area contributed by atoms with E-state index >= 15 is 0 Å². The zero-order valence-corrected chi connectivity index (χ0v) is 11.1. The van der Waals surface area contributed by atoms with Crippen molar-refractivity contribution in [3.8, 4) is 17.1 Å². The molecule has 2 rings (SSSR count). The average molecular weight is 278 g/mol. The average Bonchev–Trinajstić information content (AvgIpc) is 2.80. The van der Waals surface area contributed by atoms with Gasteiger partial charge in [-0.1, -0.05) is 6.07 Å². The standard InChI is InChI=1S/C12H14N4O4/c1-3-20-11-8(5-4-6-9(11)16(18)19)12-14-13-10(7-17)15(12)2/h4-6,17H,3,7H2,1-2H3. The highest BCUT2D eigenvalue weighted by Crippen LogP contribution is 2.37.